The SMILES string of the molecule is O=C(C[NH+]1CCC[C@@H]1c1cccs1)Nc1ccc(F)c(Cl)c1. The predicted molar refractivity (Wildman–Crippen MR) is 87.0 cm³/mol. The highest BCUT2D eigenvalue weighted by atomic mass is 35.5. The van der Waals surface area contributed by atoms with Crippen LogP contribution >= 0.6 is 22.9 Å². The average molecular weight is 340 g/mol. The standard InChI is InChI=1S/C16H16ClFN2OS/c17-12-9-11(5-6-13(12)18)19-16(21)10-20-7-1-3-14(20)15-4-2-8-22-15/h2,4-6,8-9,14H,1,3,7,10H2,(H,19,21)/p+1/t14-/m1/s1. The fourth-order valence-electron chi connectivity index (χ4n) is 2.94. The van der Waals surface area contributed by atoms with Gasteiger partial charge in [-0.05, 0) is 29.6 Å². The number of benzene rings is 1. The van der Waals surface area contributed by atoms with E-state index in [4.69, 9.17) is 11.6 Å². The van der Waals surface area contributed by atoms with Gasteiger partial charge in [-0.1, -0.05) is 17.7 Å². The van der Waals surface area contributed by atoms with E-state index in [0.29, 0.717) is 18.3 Å². The highest BCUT2D eigenvalue weighted by molar-refractivity contribution is 7.10. The largest absolute Gasteiger partial charge is 0.321 e. The lowest BCUT2D eigenvalue weighted by molar-refractivity contribution is -0.910. The molecule has 0 spiro atoms. The zero-order valence-electron chi connectivity index (χ0n) is 11.9. The zero-order chi connectivity index (χ0) is 15.5. The maximum Gasteiger partial charge on any atom is 0.279 e. The Labute approximate surface area is 137 Å². The molecule has 1 saturated heterocycles. The molecule has 1 fully saturated rings. The van der Waals surface area contributed by atoms with E-state index >= 15 is 0 Å². The predicted octanol–water partition coefficient (Wildman–Crippen LogP) is 2.90. The van der Waals surface area contributed by atoms with Gasteiger partial charge in [0.15, 0.2) is 6.54 Å². The van der Waals surface area contributed by atoms with Crippen LogP contribution in [0.15, 0.2) is 35.7 Å². The average Bonchev–Trinajstić information content (AvgIpc) is 3.13. The molecule has 0 saturated carbocycles. The lowest BCUT2D eigenvalue weighted by Crippen LogP contribution is -3.11. The number of halogens is 2. The van der Waals surface area contributed by atoms with Gasteiger partial charge in [0, 0.05) is 18.5 Å². The van der Waals surface area contributed by atoms with Gasteiger partial charge in [0.2, 0.25) is 0 Å². The minimum Gasteiger partial charge on any atom is -0.321 e. The maximum absolute atomic E-state index is 13.1. The first-order valence-corrected chi connectivity index (χ1v) is 8.52. The fraction of sp³-hybridized carbons (Fsp3) is 0.312. The van der Waals surface area contributed by atoms with E-state index in [1.807, 2.05) is 0 Å². The van der Waals surface area contributed by atoms with Crippen LogP contribution in [-0.4, -0.2) is 19.0 Å². The second-order valence-corrected chi connectivity index (χ2v) is 6.86. The number of likely N-dealkylation sites (tertiary alicyclic amines) is 1. The maximum atomic E-state index is 13.1. The van der Waals surface area contributed by atoms with Gasteiger partial charge < -0.3 is 10.2 Å². The molecule has 1 unspecified atom stereocenters. The number of quaternary nitrogens is 1. The number of thiophene rings is 1. The van der Waals surface area contributed by atoms with E-state index in [1.54, 1.807) is 11.3 Å². The van der Waals surface area contributed by atoms with E-state index in [-0.39, 0.29) is 10.9 Å². The van der Waals surface area contributed by atoms with Crippen LogP contribution in [0.5, 0.6) is 0 Å². The summed E-state index contributed by atoms with van der Waals surface area (Å²) in [5.41, 5.74) is 0.530. The summed E-state index contributed by atoms with van der Waals surface area (Å²) < 4.78 is 13.1. The number of carbonyl (C=O) groups is 1. The van der Waals surface area contributed by atoms with Crippen molar-refractivity contribution in [2.75, 3.05) is 18.4 Å². The molecule has 1 aromatic heterocycles. The van der Waals surface area contributed by atoms with Gasteiger partial charge in [0.25, 0.3) is 5.91 Å². The first kappa shape index (κ1) is 15.5. The third kappa shape index (κ3) is 3.48. The van der Waals surface area contributed by atoms with Crippen LogP contribution in [-0.2, 0) is 4.79 Å². The lowest BCUT2D eigenvalue weighted by Gasteiger charge is -2.20. The van der Waals surface area contributed by atoms with Crippen molar-refractivity contribution in [1.82, 2.24) is 0 Å². The highest BCUT2D eigenvalue weighted by Crippen LogP contribution is 2.23. The Bertz CT molecular complexity index is 662. The van der Waals surface area contributed by atoms with E-state index < -0.39 is 5.82 Å². The van der Waals surface area contributed by atoms with Gasteiger partial charge in [-0.2, -0.15) is 0 Å². The number of amides is 1. The first-order chi connectivity index (χ1) is 10.6. The van der Waals surface area contributed by atoms with Crippen LogP contribution in [0, 0.1) is 5.82 Å². The molecule has 2 aromatic rings. The summed E-state index contributed by atoms with van der Waals surface area (Å²) in [4.78, 5) is 14.8. The Balaban J connectivity index is 1.62. The molecule has 0 radical (unpaired) electrons. The van der Waals surface area contributed by atoms with Crippen LogP contribution in [0.2, 0.25) is 5.02 Å². The van der Waals surface area contributed by atoms with Crippen molar-refractivity contribution in [3.63, 3.8) is 0 Å². The summed E-state index contributed by atoms with van der Waals surface area (Å²) in [6.45, 7) is 1.41. The van der Waals surface area contributed by atoms with Crippen molar-refractivity contribution in [2.45, 2.75) is 18.9 Å². The molecule has 22 heavy (non-hydrogen) atoms. The summed E-state index contributed by atoms with van der Waals surface area (Å²) in [5.74, 6) is -0.552. The Morgan fingerprint density at radius 2 is 2.32 bits per heavy atom. The fourth-order valence-corrected chi connectivity index (χ4v) is 4.04. The van der Waals surface area contributed by atoms with Crippen LogP contribution in [0.25, 0.3) is 0 Å². The number of rotatable bonds is 4. The quantitative estimate of drug-likeness (QED) is 0.882. The van der Waals surface area contributed by atoms with Gasteiger partial charge in [0.1, 0.15) is 11.9 Å². The molecule has 3 rings (SSSR count). The number of hydrogen-bond donors (Lipinski definition) is 2. The molecule has 116 valence electrons. The normalized spacial score (nSPS) is 21.0. The topological polar surface area (TPSA) is 33.5 Å². The monoisotopic (exact) mass is 339 g/mol. The lowest BCUT2D eigenvalue weighted by atomic mass is 10.2. The smallest absolute Gasteiger partial charge is 0.279 e. The molecule has 2 N–H and O–H groups in total. The number of carbonyl (C=O) groups excluding carboxylic acids is 1. The van der Waals surface area contributed by atoms with E-state index in [9.17, 15) is 9.18 Å². The van der Waals surface area contributed by atoms with Gasteiger partial charge >= 0.3 is 0 Å². The van der Waals surface area contributed by atoms with E-state index in [1.165, 1.54) is 28.0 Å². The van der Waals surface area contributed by atoms with Gasteiger partial charge in [-0.15, -0.1) is 11.3 Å². The zero-order valence-corrected chi connectivity index (χ0v) is 13.5. The summed E-state index contributed by atoms with van der Waals surface area (Å²) in [7, 11) is 0. The highest BCUT2D eigenvalue weighted by Gasteiger charge is 2.32. The molecule has 2 atom stereocenters. The van der Waals surface area contributed by atoms with Crippen LogP contribution in [0.1, 0.15) is 23.8 Å². The molecule has 1 amide bonds. The summed E-state index contributed by atoms with van der Waals surface area (Å²) >= 11 is 7.48. The Kier molecular flexibility index (Phi) is 4.76. The molecule has 1 aliphatic heterocycles. The summed E-state index contributed by atoms with van der Waals surface area (Å²) in [6, 6.07) is 8.81. The second-order valence-electron chi connectivity index (χ2n) is 5.47. The van der Waals surface area contributed by atoms with Crippen LogP contribution in [0.3, 0.4) is 0 Å². The van der Waals surface area contributed by atoms with Crippen molar-refractivity contribution in [3.05, 3.63) is 51.4 Å². The number of nitrogens with one attached hydrogen (secondary N) is 2. The third-order valence-corrected chi connectivity index (χ3v) is 5.24. The Morgan fingerprint density at radius 3 is 3.05 bits per heavy atom. The van der Waals surface area contributed by atoms with Gasteiger partial charge in [0.05, 0.1) is 16.4 Å². The van der Waals surface area contributed by atoms with E-state index in [2.05, 4.69) is 22.8 Å². The molecule has 2 heterocycles. The van der Waals surface area contributed by atoms with Crippen LogP contribution < -0.4 is 10.2 Å². The van der Waals surface area contributed by atoms with Crippen molar-refractivity contribution in [3.8, 4) is 0 Å². The number of hydrogen-bond acceptors (Lipinski definition) is 2. The van der Waals surface area contributed by atoms with Crippen molar-refractivity contribution in [1.29, 1.82) is 0 Å². The first-order valence-electron chi connectivity index (χ1n) is 7.26. The molecule has 0 bridgehead atoms. The van der Waals surface area contributed by atoms with E-state index in [0.717, 1.165) is 19.4 Å². The third-order valence-electron chi connectivity index (χ3n) is 3.96. The Hall–Kier alpha value is -1.43. The summed E-state index contributed by atoms with van der Waals surface area (Å²) in [5, 5.41) is 4.89. The summed E-state index contributed by atoms with van der Waals surface area (Å²) in [6.07, 6.45) is 2.25. The molecule has 0 aliphatic carbocycles. The van der Waals surface area contributed by atoms with Crippen LogP contribution in [0.4, 0.5) is 10.1 Å². The molecule has 6 heteroatoms. The number of anilines is 1. The minimum absolute atomic E-state index is 0.0165. The molecular weight excluding hydrogens is 323 g/mol. The van der Waals surface area contributed by atoms with Crippen molar-refractivity contribution in [2.24, 2.45) is 0 Å². The van der Waals surface area contributed by atoms with Crippen molar-refractivity contribution >= 4 is 34.5 Å². The molecule has 1 aromatic carbocycles. The molecular formula is C16H17ClFN2OS+. The minimum atomic E-state index is -0.484. The molecule has 1 aliphatic rings. The van der Waals surface area contributed by atoms with Gasteiger partial charge in [-0.25, -0.2) is 4.39 Å². The van der Waals surface area contributed by atoms with Crippen molar-refractivity contribution < 1.29 is 14.1 Å². The van der Waals surface area contributed by atoms with Gasteiger partial charge in [-0.3, -0.25) is 4.79 Å². The second kappa shape index (κ2) is 6.77. The Morgan fingerprint density at radius 1 is 1.45 bits per heavy atom. The molecule has 3 nitrogen and oxygen atoms in total.